The molecular formula is C14H26O5. The van der Waals surface area contributed by atoms with Crippen LogP contribution in [0.5, 0.6) is 0 Å². The van der Waals surface area contributed by atoms with Gasteiger partial charge in [-0.3, -0.25) is 0 Å². The van der Waals surface area contributed by atoms with E-state index in [9.17, 15) is 10.2 Å². The van der Waals surface area contributed by atoms with Crippen LogP contribution in [0.4, 0.5) is 0 Å². The third kappa shape index (κ3) is 5.58. The molecule has 5 nitrogen and oxygen atoms in total. The highest BCUT2D eigenvalue weighted by molar-refractivity contribution is 4.89. The Morgan fingerprint density at radius 2 is 2.11 bits per heavy atom. The summed E-state index contributed by atoms with van der Waals surface area (Å²) in [4.78, 5) is 0. The molecule has 0 saturated carbocycles. The van der Waals surface area contributed by atoms with Gasteiger partial charge in [0.15, 0.2) is 0 Å². The summed E-state index contributed by atoms with van der Waals surface area (Å²) in [6.45, 7) is 2.54. The largest absolute Gasteiger partial charge is 0.394 e. The van der Waals surface area contributed by atoms with E-state index in [1.165, 1.54) is 0 Å². The summed E-state index contributed by atoms with van der Waals surface area (Å²) in [6, 6.07) is 0. The van der Waals surface area contributed by atoms with Gasteiger partial charge in [0.2, 0.25) is 0 Å². The monoisotopic (exact) mass is 274 g/mol. The lowest BCUT2D eigenvalue weighted by molar-refractivity contribution is -0.0729. The van der Waals surface area contributed by atoms with E-state index in [1.807, 2.05) is 0 Å². The first-order valence-corrected chi connectivity index (χ1v) is 7.05. The quantitative estimate of drug-likeness (QED) is 0.424. The van der Waals surface area contributed by atoms with E-state index in [0.29, 0.717) is 6.61 Å². The van der Waals surface area contributed by atoms with Crippen molar-refractivity contribution in [3.8, 4) is 0 Å². The number of unbranched alkanes of at least 4 members (excludes halogenated alkanes) is 2. The summed E-state index contributed by atoms with van der Waals surface area (Å²) in [5, 5.41) is 28.2. The molecule has 0 aromatic rings. The molecule has 4 atom stereocenters. The van der Waals surface area contributed by atoms with E-state index < -0.39 is 31.0 Å². The number of hydrogen-bond donors (Lipinski definition) is 3. The smallest absolute Gasteiger partial charge is 0.114 e. The van der Waals surface area contributed by atoms with Crippen molar-refractivity contribution in [2.45, 2.75) is 57.0 Å². The second kappa shape index (κ2) is 9.44. The van der Waals surface area contributed by atoms with Gasteiger partial charge < -0.3 is 24.8 Å². The Labute approximate surface area is 114 Å². The maximum Gasteiger partial charge on any atom is 0.114 e. The van der Waals surface area contributed by atoms with Crippen molar-refractivity contribution in [1.29, 1.82) is 0 Å². The van der Waals surface area contributed by atoms with Gasteiger partial charge >= 0.3 is 0 Å². The molecule has 0 aliphatic carbocycles. The van der Waals surface area contributed by atoms with E-state index in [2.05, 4.69) is 19.1 Å². The van der Waals surface area contributed by atoms with Crippen LogP contribution in [-0.4, -0.2) is 59.6 Å². The van der Waals surface area contributed by atoms with Crippen molar-refractivity contribution < 1.29 is 24.8 Å². The van der Waals surface area contributed by atoms with Gasteiger partial charge in [-0.05, 0) is 19.3 Å². The predicted molar refractivity (Wildman–Crippen MR) is 71.9 cm³/mol. The number of allylic oxidation sites excluding steroid dienone is 2. The van der Waals surface area contributed by atoms with E-state index in [1.54, 1.807) is 0 Å². The zero-order valence-electron chi connectivity index (χ0n) is 11.6. The maximum absolute atomic E-state index is 9.89. The fourth-order valence-corrected chi connectivity index (χ4v) is 2.04. The van der Waals surface area contributed by atoms with Crippen molar-refractivity contribution >= 4 is 0 Å². The molecule has 1 aliphatic rings. The Hall–Kier alpha value is -0.460. The molecule has 5 heteroatoms. The van der Waals surface area contributed by atoms with E-state index in [4.69, 9.17) is 14.6 Å². The molecule has 19 heavy (non-hydrogen) atoms. The molecule has 1 aliphatic heterocycles. The summed E-state index contributed by atoms with van der Waals surface area (Å²) < 4.78 is 10.8. The third-order valence-electron chi connectivity index (χ3n) is 3.21. The Kier molecular flexibility index (Phi) is 8.25. The SMILES string of the molecule is CCC/C=C/CCCO[C@@H]1CO[C@@H]([C@@H](O)CO)[C@H]1O. The van der Waals surface area contributed by atoms with Crippen LogP contribution in [0.15, 0.2) is 12.2 Å². The van der Waals surface area contributed by atoms with Crippen molar-refractivity contribution in [3.63, 3.8) is 0 Å². The van der Waals surface area contributed by atoms with Crippen LogP contribution < -0.4 is 0 Å². The van der Waals surface area contributed by atoms with Gasteiger partial charge in [0, 0.05) is 6.61 Å². The van der Waals surface area contributed by atoms with E-state index in [0.717, 1.165) is 25.7 Å². The average molecular weight is 274 g/mol. The Morgan fingerprint density at radius 1 is 1.37 bits per heavy atom. The van der Waals surface area contributed by atoms with Crippen LogP contribution >= 0.6 is 0 Å². The molecule has 0 unspecified atom stereocenters. The fraction of sp³-hybridized carbons (Fsp3) is 0.857. The summed E-state index contributed by atoms with van der Waals surface area (Å²) in [6.07, 6.45) is 5.35. The highest BCUT2D eigenvalue weighted by Gasteiger charge is 2.40. The van der Waals surface area contributed by atoms with Gasteiger partial charge in [0.25, 0.3) is 0 Å². The standard InChI is InChI=1S/C14H26O5/c1-2-3-4-5-6-7-8-18-12-10-19-14(13(12)17)11(16)9-15/h4-5,11-17H,2-3,6-10H2,1H3/b5-4+/t11-,12+,13-,14-/m0/s1. The van der Waals surface area contributed by atoms with Gasteiger partial charge in [-0.2, -0.15) is 0 Å². The van der Waals surface area contributed by atoms with Crippen LogP contribution in [0.3, 0.4) is 0 Å². The second-order valence-corrected chi connectivity index (χ2v) is 4.85. The Balaban J connectivity index is 2.14. The molecule has 0 aromatic carbocycles. The summed E-state index contributed by atoms with van der Waals surface area (Å²) in [5.41, 5.74) is 0. The molecule has 0 bridgehead atoms. The van der Waals surface area contributed by atoms with Gasteiger partial charge in [-0.1, -0.05) is 25.5 Å². The van der Waals surface area contributed by atoms with Crippen molar-refractivity contribution in [2.24, 2.45) is 0 Å². The molecule has 0 aromatic heterocycles. The first-order chi connectivity index (χ1) is 9.20. The van der Waals surface area contributed by atoms with E-state index >= 15 is 0 Å². The molecular weight excluding hydrogens is 248 g/mol. The van der Waals surface area contributed by atoms with Crippen LogP contribution in [0, 0.1) is 0 Å². The molecule has 0 radical (unpaired) electrons. The number of rotatable bonds is 9. The van der Waals surface area contributed by atoms with E-state index in [-0.39, 0.29) is 6.61 Å². The van der Waals surface area contributed by atoms with Crippen LogP contribution in [0.25, 0.3) is 0 Å². The Morgan fingerprint density at radius 3 is 2.79 bits per heavy atom. The van der Waals surface area contributed by atoms with Crippen LogP contribution in [-0.2, 0) is 9.47 Å². The minimum Gasteiger partial charge on any atom is -0.394 e. The van der Waals surface area contributed by atoms with Gasteiger partial charge in [-0.25, -0.2) is 0 Å². The lowest BCUT2D eigenvalue weighted by atomic mass is 10.1. The number of hydrogen-bond acceptors (Lipinski definition) is 5. The highest BCUT2D eigenvalue weighted by Crippen LogP contribution is 2.20. The second-order valence-electron chi connectivity index (χ2n) is 4.85. The third-order valence-corrected chi connectivity index (χ3v) is 3.21. The highest BCUT2D eigenvalue weighted by atomic mass is 16.6. The normalized spacial score (nSPS) is 29.2. The summed E-state index contributed by atoms with van der Waals surface area (Å²) in [5.74, 6) is 0. The zero-order chi connectivity index (χ0) is 14.1. The lowest BCUT2D eigenvalue weighted by Gasteiger charge is -2.20. The molecule has 1 saturated heterocycles. The molecule has 1 rings (SSSR count). The molecule has 1 heterocycles. The summed E-state index contributed by atoms with van der Waals surface area (Å²) >= 11 is 0. The molecule has 3 N–H and O–H groups in total. The fourth-order valence-electron chi connectivity index (χ4n) is 2.04. The van der Waals surface area contributed by atoms with Crippen molar-refractivity contribution in [3.05, 3.63) is 12.2 Å². The molecule has 112 valence electrons. The zero-order valence-corrected chi connectivity index (χ0v) is 11.6. The minimum atomic E-state index is -1.06. The molecule has 0 spiro atoms. The lowest BCUT2D eigenvalue weighted by Crippen LogP contribution is -2.41. The van der Waals surface area contributed by atoms with Crippen LogP contribution in [0.2, 0.25) is 0 Å². The minimum absolute atomic E-state index is 0.258. The van der Waals surface area contributed by atoms with Gasteiger partial charge in [-0.15, -0.1) is 0 Å². The number of aliphatic hydroxyl groups is 3. The number of aliphatic hydroxyl groups excluding tert-OH is 3. The average Bonchev–Trinajstić information content (AvgIpc) is 2.78. The molecule has 1 fully saturated rings. The van der Waals surface area contributed by atoms with Gasteiger partial charge in [0.1, 0.15) is 24.4 Å². The van der Waals surface area contributed by atoms with Gasteiger partial charge in [0.05, 0.1) is 13.2 Å². The Bertz CT molecular complexity index is 256. The van der Waals surface area contributed by atoms with Crippen molar-refractivity contribution in [2.75, 3.05) is 19.8 Å². The topological polar surface area (TPSA) is 79.2 Å². The van der Waals surface area contributed by atoms with Crippen LogP contribution in [0.1, 0.15) is 32.6 Å². The molecule has 0 amide bonds. The van der Waals surface area contributed by atoms with Crippen molar-refractivity contribution in [1.82, 2.24) is 0 Å². The first-order valence-electron chi connectivity index (χ1n) is 7.05. The predicted octanol–water partition coefficient (Wildman–Crippen LogP) is 0.621. The maximum atomic E-state index is 9.89. The summed E-state index contributed by atoms with van der Waals surface area (Å²) in [7, 11) is 0. The first kappa shape index (κ1) is 16.6. The number of ether oxygens (including phenoxy) is 2.